The molecule has 554 valence electrons. The molecule has 3 aliphatic heterocycles. The number of aromatic hydroxyl groups is 1. The van der Waals surface area contributed by atoms with Crippen molar-refractivity contribution in [1.82, 2.24) is 84.7 Å². The molecule has 3 saturated heterocycles. The van der Waals surface area contributed by atoms with Crippen molar-refractivity contribution in [3.63, 3.8) is 0 Å². The van der Waals surface area contributed by atoms with Crippen LogP contribution in [0, 0.1) is 0 Å². The number of H-pyrrole nitrogens is 1. The van der Waals surface area contributed by atoms with Crippen molar-refractivity contribution in [2.45, 2.75) is 143 Å². The number of phenols is 1. The summed E-state index contributed by atoms with van der Waals surface area (Å²) < 4.78 is 0. The minimum Gasteiger partial charge on any atom is -0.508 e. The lowest BCUT2D eigenvalue weighted by Crippen LogP contribution is -2.66. The highest BCUT2D eigenvalue weighted by molar-refractivity contribution is 8.76. The number of nitrogens with one attached hydrogen (secondary N) is 16. The molecule has 101 heavy (non-hydrogen) atoms. The van der Waals surface area contributed by atoms with E-state index < -0.39 is 131 Å². The van der Waals surface area contributed by atoms with Gasteiger partial charge in [0.2, 0.25) is 53.2 Å². The lowest BCUT2D eigenvalue weighted by atomic mass is 9.97. The number of aliphatic carboxylic acids is 1. The Morgan fingerprint density at radius 2 is 1.21 bits per heavy atom. The number of hydrogen-bond donors (Lipinski definition) is 22. The fourth-order valence-electron chi connectivity index (χ4n) is 11.8. The first-order valence-electron chi connectivity index (χ1n) is 34.1. The summed E-state index contributed by atoms with van der Waals surface area (Å²) >= 11 is 0. The van der Waals surface area contributed by atoms with Crippen LogP contribution in [-0.2, 0) is 67.2 Å². The van der Waals surface area contributed by atoms with Crippen molar-refractivity contribution in [1.29, 1.82) is 0 Å². The van der Waals surface area contributed by atoms with Crippen molar-refractivity contribution in [3.05, 3.63) is 102 Å². The number of phenolic OH excluding ortho intramolecular Hbond substituents is 1. The fraction of sp³-hybridized carbons (Fsp3) is 0.552. The molecule has 4 aromatic rings. The van der Waals surface area contributed by atoms with Crippen LogP contribution >= 0.6 is 21.6 Å². The zero-order valence-corrected chi connectivity index (χ0v) is 58.6. The summed E-state index contributed by atoms with van der Waals surface area (Å²) in [6, 6.07) is 8.85. The number of benzene rings is 3. The maximum atomic E-state index is 15.3. The van der Waals surface area contributed by atoms with Crippen molar-refractivity contribution >= 4 is 91.6 Å². The van der Waals surface area contributed by atoms with Gasteiger partial charge in [-0.1, -0.05) is 82.3 Å². The molecule has 7 rings (SSSR count). The second-order valence-corrected chi connectivity index (χ2v) is 28.4. The summed E-state index contributed by atoms with van der Waals surface area (Å²) in [5.41, 5.74) is 13.4. The van der Waals surface area contributed by atoms with Gasteiger partial charge in [0.1, 0.15) is 48.0 Å². The van der Waals surface area contributed by atoms with E-state index in [4.69, 9.17) is 11.5 Å². The van der Waals surface area contributed by atoms with Crippen molar-refractivity contribution in [2.24, 2.45) is 11.5 Å². The molecule has 32 nitrogen and oxygen atoms in total. The average Bonchev–Trinajstić information content (AvgIpc) is 1.79. The first kappa shape index (κ1) is 80.3. The highest BCUT2D eigenvalue weighted by atomic mass is 33.1. The minimum atomic E-state index is -1.88. The first-order valence-corrected chi connectivity index (χ1v) is 36.6. The molecule has 34 heteroatoms. The monoisotopic (exact) mass is 1440 g/mol. The van der Waals surface area contributed by atoms with Gasteiger partial charge in [0.15, 0.2) is 6.04 Å². The molecule has 0 spiro atoms. The summed E-state index contributed by atoms with van der Waals surface area (Å²) in [6.07, 6.45) is -1.77. The van der Waals surface area contributed by atoms with Crippen LogP contribution in [0.2, 0.25) is 0 Å². The van der Waals surface area contributed by atoms with Crippen LogP contribution in [-0.4, -0.2) is 246 Å². The third-order valence-corrected chi connectivity index (χ3v) is 19.8. The molecule has 3 aromatic carbocycles. The standard InChI is InChI=1S/C67H100N18O14S2/c1-40(86)56-64(97)82-53(63(96)84-57(41(2)87)65(98)99)34-101-100-33-52(62(95)79-50(30-43-18-20-45(88)21-19-43)60(93)80-51(31-44-32-75-47-14-7-6-13-46(44)47)61(94)78-48(58(91)83-56)15-8-9-22-68)81-59(92)49(29-42-11-4-3-5-12-42)77-54(89)16-10-17-55(90)85-66-35-70-23-25-73-38-67(69,76-28-27-72-37-66)39-74-26-24-71-36-66/h3-7,11-14,18-21,32,40-41,48-53,56-57,70-76,86-88H,8-10,15-17,22-31,33-39,68-69H2,1-2H3,(H,77,89)(H,78,94)(H,79,95)(H,80,93)(H,81,92)(H,82,97)(H,83,91)(H,84,96)(H,85,90)(H,98,99)/t40?,41?,48-,49+,50-,51+,52-,53-,56-,57-,66-,67-/m0/s1. The number of aliphatic hydroxyl groups is 2. The van der Waals surface area contributed by atoms with E-state index in [9.17, 15) is 54.0 Å². The van der Waals surface area contributed by atoms with Gasteiger partial charge in [-0.3, -0.25) is 48.5 Å². The molecular weight excluding hydrogens is 1340 g/mol. The number of carboxylic acids is 1. The molecular formula is C67H100N18O14S2. The number of para-hydroxylation sites is 1. The van der Waals surface area contributed by atoms with Crippen molar-refractivity contribution in [3.8, 4) is 5.75 Å². The fourth-order valence-corrected chi connectivity index (χ4v) is 14.1. The summed E-state index contributed by atoms with van der Waals surface area (Å²) in [5, 5.41) is 87.4. The van der Waals surface area contributed by atoms with Gasteiger partial charge in [0.05, 0.1) is 23.4 Å². The summed E-state index contributed by atoms with van der Waals surface area (Å²) in [4.78, 5) is 147. The normalized spacial score (nSPS) is 25.0. The maximum absolute atomic E-state index is 15.3. The quantitative estimate of drug-likeness (QED) is 0.0245. The van der Waals surface area contributed by atoms with E-state index in [0.717, 1.165) is 28.5 Å². The van der Waals surface area contributed by atoms with Gasteiger partial charge in [0.25, 0.3) is 0 Å². The van der Waals surface area contributed by atoms with Gasteiger partial charge in [-0.25, -0.2) is 4.79 Å². The first-order chi connectivity index (χ1) is 48.4. The number of amides is 9. The SMILES string of the molecule is CC(O)[C@H](NC(=O)[C@@H]1CSSC[C@H](NC(=O)[C@@H](Cc2ccccc2)NC(=O)CCCC(=O)N[C@]23CNCCNC[C@](N)(CNCCNC2)NCCNC3)C(=O)N[C@@H](Cc2ccc(O)cc2)C(=O)N[C@H](Cc2c[nH]c3ccccc23)C(=O)N[C@@H](CCCCN)C(=O)N[C@@H](C(C)O)C(=O)N1)C(=O)O. The molecule has 2 bridgehead atoms. The second-order valence-electron chi connectivity index (χ2n) is 25.8. The van der Waals surface area contributed by atoms with Crippen molar-refractivity contribution in [2.75, 3.05) is 90.0 Å². The minimum absolute atomic E-state index is 0.0596. The highest BCUT2D eigenvalue weighted by Gasteiger charge is 2.39. The van der Waals surface area contributed by atoms with Crippen LogP contribution in [0.15, 0.2) is 85.1 Å². The summed E-state index contributed by atoms with van der Waals surface area (Å²) in [7, 11) is 1.76. The Balaban J connectivity index is 1.20. The van der Waals surface area contributed by atoms with Gasteiger partial charge < -0.3 is 111 Å². The predicted molar refractivity (Wildman–Crippen MR) is 382 cm³/mol. The number of hydrogen-bond acceptors (Lipinski definition) is 23. The lowest BCUT2D eigenvalue weighted by Gasteiger charge is -2.36. The smallest absolute Gasteiger partial charge is 0.328 e. The number of rotatable bonds is 23. The zero-order chi connectivity index (χ0) is 72.9. The van der Waals surface area contributed by atoms with E-state index in [1.807, 2.05) is 6.07 Å². The van der Waals surface area contributed by atoms with Gasteiger partial charge in [-0.2, -0.15) is 0 Å². The Bertz CT molecular complexity index is 3380. The Labute approximate surface area is 594 Å². The zero-order valence-electron chi connectivity index (χ0n) is 57.0. The summed E-state index contributed by atoms with van der Waals surface area (Å²) in [5.74, 6) is -10.2. The Morgan fingerprint density at radius 3 is 1.85 bits per heavy atom. The molecule has 3 fully saturated rings. The second kappa shape index (κ2) is 40.6. The molecule has 10 atom stereocenters. The molecule has 2 unspecified atom stereocenters. The van der Waals surface area contributed by atoms with Gasteiger partial charge in [0, 0.05) is 133 Å². The van der Waals surface area contributed by atoms with Gasteiger partial charge >= 0.3 is 5.97 Å². The average molecular weight is 1450 g/mol. The Morgan fingerprint density at radius 1 is 0.624 bits per heavy atom. The van der Waals surface area contributed by atoms with Crippen molar-refractivity contribution < 1.29 is 68.4 Å². The number of unbranched alkanes of at least 4 members (excludes halogenated alkanes) is 1. The molecule has 0 saturated carbocycles. The Hall–Kier alpha value is -8.00. The Kier molecular flexibility index (Phi) is 32.3. The number of fused-ring (bicyclic) bond motifs is 7. The third kappa shape index (κ3) is 26.1. The van der Waals surface area contributed by atoms with Crippen LogP contribution in [0.3, 0.4) is 0 Å². The molecule has 3 aliphatic rings. The van der Waals surface area contributed by atoms with Crippen LogP contribution in [0.25, 0.3) is 10.9 Å². The lowest BCUT2D eigenvalue weighted by molar-refractivity contribution is -0.145. The van der Waals surface area contributed by atoms with E-state index >= 15 is 14.4 Å². The van der Waals surface area contributed by atoms with Gasteiger partial charge in [-0.15, -0.1) is 0 Å². The third-order valence-electron chi connectivity index (χ3n) is 17.4. The van der Waals surface area contributed by atoms with E-state index in [1.165, 1.54) is 31.2 Å². The number of aliphatic hydroxyl groups excluding tert-OH is 2. The molecule has 0 radical (unpaired) electrons. The van der Waals surface area contributed by atoms with E-state index in [2.05, 4.69) is 84.7 Å². The predicted octanol–water partition coefficient (Wildman–Crippen LogP) is -4.60. The number of aromatic nitrogens is 1. The van der Waals surface area contributed by atoms with Crippen LogP contribution in [0.1, 0.15) is 69.1 Å². The molecule has 4 heterocycles. The maximum Gasteiger partial charge on any atom is 0.328 e. The molecule has 1 aromatic heterocycles. The number of carbonyl (C=O) groups excluding carboxylic acids is 9. The topological polar surface area (TPSA) is 500 Å². The van der Waals surface area contributed by atoms with Gasteiger partial charge in [-0.05, 0) is 81.0 Å². The highest BCUT2D eigenvalue weighted by Crippen LogP contribution is 2.25. The molecule has 0 aliphatic carbocycles. The number of carbonyl (C=O) groups is 10. The van der Waals surface area contributed by atoms with Crippen LogP contribution in [0.5, 0.6) is 5.75 Å². The number of aromatic amines is 1. The van der Waals surface area contributed by atoms with Crippen LogP contribution < -0.4 is 91.2 Å². The number of nitrogens with two attached hydrogens (primary N) is 2. The number of carboxylic acid groups (broad SMARTS) is 1. The van der Waals surface area contributed by atoms with E-state index in [1.54, 1.807) is 54.7 Å². The van der Waals surface area contributed by atoms with Crippen LogP contribution in [0.4, 0.5) is 0 Å². The van der Waals surface area contributed by atoms with E-state index in [0.29, 0.717) is 106 Å². The molecule has 24 N–H and O–H groups in total. The summed E-state index contributed by atoms with van der Waals surface area (Å²) in [6.45, 7) is 8.37. The van der Waals surface area contributed by atoms with E-state index in [-0.39, 0.29) is 75.3 Å². The molecule has 9 amide bonds. The largest absolute Gasteiger partial charge is 0.508 e.